The first-order valence-corrected chi connectivity index (χ1v) is 13.5. The summed E-state index contributed by atoms with van der Waals surface area (Å²) < 4.78 is 25.6. The lowest BCUT2D eigenvalue weighted by molar-refractivity contribution is -0.139. The van der Waals surface area contributed by atoms with E-state index in [9.17, 15) is 22.8 Å². The number of amides is 2. The van der Waals surface area contributed by atoms with Crippen LogP contribution in [0.5, 0.6) is 0 Å². The number of benzene rings is 1. The molecule has 0 bridgehead atoms. The van der Waals surface area contributed by atoms with Crippen LogP contribution in [-0.4, -0.2) is 67.3 Å². The van der Waals surface area contributed by atoms with Gasteiger partial charge in [0.1, 0.15) is 6.04 Å². The summed E-state index contributed by atoms with van der Waals surface area (Å²) >= 11 is 0. The number of likely N-dealkylation sites (tertiary alicyclic amines) is 1. The van der Waals surface area contributed by atoms with E-state index >= 15 is 0 Å². The van der Waals surface area contributed by atoms with E-state index in [-0.39, 0.29) is 37.0 Å². The molecule has 2 atom stereocenters. The summed E-state index contributed by atoms with van der Waals surface area (Å²) in [5.41, 5.74) is 2.55. The monoisotopic (exact) mass is 500 g/mol. The molecule has 1 aliphatic heterocycles. The lowest BCUT2D eigenvalue weighted by atomic mass is 9.99. The Balaban J connectivity index is 1.58. The first-order valence-electron chi connectivity index (χ1n) is 11.6. The molecule has 1 aromatic heterocycles. The van der Waals surface area contributed by atoms with Crippen LogP contribution in [0.4, 0.5) is 0 Å². The molecule has 9 nitrogen and oxygen atoms in total. The highest BCUT2D eigenvalue weighted by Gasteiger charge is 2.33. The molecule has 1 fully saturated rings. The zero-order valence-corrected chi connectivity index (χ0v) is 21.0. The van der Waals surface area contributed by atoms with Crippen LogP contribution in [0.1, 0.15) is 32.3 Å². The number of aromatic nitrogens is 1. The van der Waals surface area contributed by atoms with Gasteiger partial charge in [-0.1, -0.05) is 38.1 Å². The number of hydrogen-bond acceptors (Lipinski definition) is 6. The zero-order valence-electron chi connectivity index (χ0n) is 20.2. The molecule has 0 saturated carbocycles. The smallest absolute Gasteiger partial charge is 0.238 e. The van der Waals surface area contributed by atoms with Gasteiger partial charge in [0.05, 0.1) is 31.0 Å². The average molecular weight is 501 g/mol. The predicted octanol–water partition coefficient (Wildman–Crippen LogP) is 1.54. The molecule has 2 aromatic rings. The molecule has 188 valence electrons. The van der Waals surface area contributed by atoms with Crippen LogP contribution in [0.15, 0.2) is 48.7 Å². The number of nitrogens with zero attached hydrogens (tertiary/aromatic N) is 2. The number of nitrogens with one attached hydrogen (secondary N) is 2. The van der Waals surface area contributed by atoms with Gasteiger partial charge in [0.2, 0.25) is 21.8 Å². The van der Waals surface area contributed by atoms with Gasteiger partial charge in [0.15, 0.2) is 5.78 Å². The number of carbonyl (C=O) groups excluding carboxylic acids is 3. The Morgan fingerprint density at radius 1 is 1.17 bits per heavy atom. The van der Waals surface area contributed by atoms with Crippen molar-refractivity contribution in [3.63, 3.8) is 0 Å². The van der Waals surface area contributed by atoms with Gasteiger partial charge in [-0.3, -0.25) is 19.4 Å². The third kappa shape index (κ3) is 7.97. The lowest BCUT2D eigenvalue weighted by Gasteiger charge is -2.32. The molecule has 2 amide bonds. The summed E-state index contributed by atoms with van der Waals surface area (Å²) in [6.07, 6.45) is 3.44. The lowest BCUT2D eigenvalue weighted by Crippen LogP contribution is -2.57. The van der Waals surface area contributed by atoms with E-state index in [2.05, 4.69) is 15.0 Å². The fourth-order valence-electron chi connectivity index (χ4n) is 4.06. The maximum atomic E-state index is 12.9. The molecule has 0 spiro atoms. The van der Waals surface area contributed by atoms with Crippen molar-refractivity contribution in [2.45, 2.75) is 45.2 Å². The van der Waals surface area contributed by atoms with E-state index in [4.69, 9.17) is 0 Å². The van der Waals surface area contributed by atoms with Crippen molar-refractivity contribution in [2.24, 2.45) is 5.92 Å². The summed E-state index contributed by atoms with van der Waals surface area (Å²) in [4.78, 5) is 44.1. The molecular weight excluding hydrogens is 468 g/mol. The number of ketones is 1. The number of sulfonamides is 1. The number of pyridine rings is 1. The normalized spacial score (nSPS) is 17.3. The summed E-state index contributed by atoms with van der Waals surface area (Å²) in [6.45, 7) is 3.99. The molecule has 3 rings (SSSR count). The molecular formula is C25H32N4O5S. The highest BCUT2D eigenvalue weighted by molar-refractivity contribution is 7.88. The van der Waals surface area contributed by atoms with E-state index in [0.29, 0.717) is 13.0 Å². The Kier molecular flexibility index (Phi) is 8.74. The first-order chi connectivity index (χ1) is 16.5. The predicted molar refractivity (Wildman–Crippen MR) is 133 cm³/mol. The summed E-state index contributed by atoms with van der Waals surface area (Å²) in [5.74, 6) is -0.902. The van der Waals surface area contributed by atoms with Crippen LogP contribution >= 0.6 is 0 Å². The standard InChI is InChI=1S/C25H32N4O5S/c1-17(2)13-22(28-35(3,33)34)25(32)27-21-10-12-29(16-23(21)30)24(31)15-18-7-6-8-19(14-18)20-9-4-5-11-26-20/h4-9,11,14,17,21-22,28H,10,12-13,15-16H2,1-3H3,(H,27,32)/t21?,22-/m0/s1. The number of carbonyl (C=O) groups is 3. The van der Waals surface area contributed by atoms with Crippen molar-refractivity contribution in [2.75, 3.05) is 19.3 Å². The second kappa shape index (κ2) is 11.5. The molecule has 0 radical (unpaired) electrons. The van der Waals surface area contributed by atoms with Crippen molar-refractivity contribution in [3.8, 4) is 11.3 Å². The molecule has 2 N–H and O–H groups in total. The SMILES string of the molecule is CC(C)C[C@H](NS(C)(=O)=O)C(=O)NC1CCN(C(=O)Cc2cccc(-c3ccccn3)c2)CC1=O. The van der Waals surface area contributed by atoms with Gasteiger partial charge in [0.25, 0.3) is 0 Å². The van der Waals surface area contributed by atoms with Crippen LogP contribution in [0.25, 0.3) is 11.3 Å². The molecule has 1 aromatic carbocycles. The third-order valence-electron chi connectivity index (χ3n) is 5.72. The Bertz CT molecular complexity index is 1170. The van der Waals surface area contributed by atoms with Gasteiger partial charge in [-0.25, -0.2) is 13.1 Å². The van der Waals surface area contributed by atoms with Crippen molar-refractivity contribution < 1.29 is 22.8 Å². The molecule has 2 heterocycles. The maximum Gasteiger partial charge on any atom is 0.238 e. The molecule has 35 heavy (non-hydrogen) atoms. The van der Waals surface area contributed by atoms with Gasteiger partial charge in [0, 0.05) is 18.3 Å². The van der Waals surface area contributed by atoms with Gasteiger partial charge in [-0.05, 0) is 42.5 Å². The minimum absolute atomic E-state index is 0.0753. The quantitative estimate of drug-likeness (QED) is 0.538. The second-order valence-corrected chi connectivity index (χ2v) is 11.1. The largest absolute Gasteiger partial charge is 0.345 e. The van der Waals surface area contributed by atoms with E-state index in [1.165, 1.54) is 4.90 Å². The van der Waals surface area contributed by atoms with E-state index in [0.717, 1.165) is 23.1 Å². The molecule has 0 aliphatic carbocycles. The summed E-state index contributed by atoms with van der Waals surface area (Å²) in [6, 6.07) is 11.5. The molecule has 1 saturated heterocycles. The highest BCUT2D eigenvalue weighted by atomic mass is 32.2. The zero-order chi connectivity index (χ0) is 25.6. The second-order valence-electron chi connectivity index (χ2n) is 9.30. The topological polar surface area (TPSA) is 126 Å². The van der Waals surface area contributed by atoms with Gasteiger partial charge < -0.3 is 10.2 Å². The number of piperidine rings is 1. The van der Waals surface area contributed by atoms with Crippen LogP contribution < -0.4 is 10.0 Å². The number of Topliss-reactive ketones (excluding diaryl/α,β-unsaturated/α-hetero) is 1. The third-order valence-corrected chi connectivity index (χ3v) is 6.43. The van der Waals surface area contributed by atoms with Gasteiger partial charge in [-0.15, -0.1) is 0 Å². The van der Waals surface area contributed by atoms with Crippen molar-refractivity contribution >= 4 is 27.6 Å². The molecule has 1 unspecified atom stereocenters. The van der Waals surface area contributed by atoms with E-state index < -0.39 is 28.0 Å². The Hall–Kier alpha value is -3.11. The first kappa shape index (κ1) is 26.5. The molecule has 10 heteroatoms. The van der Waals surface area contributed by atoms with Crippen LogP contribution in [0, 0.1) is 5.92 Å². The van der Waals surface area contributed by atoms with Gasteiger partial charge in [-0.2, -0.15) is 0 Å². The van der Waals surface area contributed by atoms with Crippen molar-refractivity contribution in [1.29, 1.82) is 0 Å². The van der Waals surface area contributed by atoms with Crippen molar-refractivity contribution in [1.82, 2.24) is 19.9 Å². The Labute approximate surface area is 206 Å². The Morgan fingerprint density at radius 2 is 1.94 bits per heavy atom. The number of rotatable bonds is 9. The minimum Gasteiger partial charge on any atom is -0.345 e. The summed E-state index contributed by atoms with van der Waals surface area (Å²) in [5, 5.41) is 2.67. The molecule has 1 aliphatic rings. The summed E-state index contributed by atoms with van der Waals surface area (Å²) in [7, 11) is -3.59. The van der Waals surface area contributed by atoms with Crippen molar-refractivity contribution in [3.05, 3.63) is 54.2 Å². The minimum atomic E-state index is -3.59. The highest BCUT2D eigenvalue weighted by Crippen LogP contribution is 2.19. The fourth-order valence-corrected chi connectivity index (χ4v) is 4.78. The average Bonchev–Trinajstić information content (AvgIpc) is 2.79. The van der Waals surface area contributed by atoms with E-state index in [1.807, 2.05) is 56.3 Å². The van der Waals surface area contributed by atoms with Crippen LogP contribution in [0.2, 0.25) is 0 Å². The number of hydrogen-bond donors (Lipinski definition) is 2. The van der Waals surface area contributed by atoms with E-state index in [1.54, 1.807) is 6.20 Å². The van der Waals surface area contributed by atoms with Crippen LogP contribution in [-0.2, 0) is 30.8 Å². The Morgan fingerprint density at radius 3 is 2.57 bits per heavy atom. The fraction of sp³-hybridized carbons (Fsp3) is 0.440. The van der Waals surface area contributed by atoms with Crippen LogP contribution in [0.3, 0.4) is 0 Å². The maximum absolute atomic E-state index is 12.9. The van der Waals surface area contributed by atoms with Gasteiger partial charge >= 0.3 is 0 Å².